The minimum Gasteiger partial charge on any atom is -0.481 e. The van der Waals surface area contributed by atoms with Crippen molar-refractivity contribution in [2.45, 2.75) is 70.1 Å². The van der Waals surface area contributed by atoms with Gasteiger partial charge in [-0.1, -0.05) is 32.0 Å². The topological polar surface area (TPSA) is 195 Å². The van der Waals surface area contributed by atoms with Gasteiger partial charge < -0.3 is 36.5 Å². The minimum atomic E-state index is -1.23. The van der Waals surface area contributed by atoms with Gasteiger partial charge in [-0.15, -0.1) is 0 Å². The third-order valence-corrected chi connectivity index (χ3v) is 6.83. The SMILES string of the molecule is CC(C)C(N)C(=O)NC(CCC(=O)O)C(=O)N1CCCC1C(=O)NC(Cc1c[nH]c2ccccc12)C(=O)O. The summed E-state index contributed by atoms with van der Waals surface area (Å²) >= 11 is 0. The van der Waals surface area contributed by atoms with Gasteiger partial charge in [-0.3, -0.25) is 19.2 Å². The molecule has 38 heavy (non-hydrogen) atoms. The summed E-state index contributed by atoms with van der Waals surface area (Å²) in [6.07, 6.45) is 2.00. The van der Waals surface area contributed by atoms with Crippen LogP contribution in [0, 0.1) is 5.92 Å². The van der Waals surface area contributed by atoms with Crippen LogP contribution >= 0.6 is 0 Å². The number of carboxylic acids is 2. The monoisotopic (exact) mass is 529 g/mol. The molecule has 0 bridgehead atoms. The molecule has 1 saturated heterocycles. The highest BCUT2D eigenvalue weighted by atomic mass is 16.4. The number of amides is 3. The maximum Gasteiger partial charge on any atom is 0.326 e. The Balaban J connectivity index is 1.73. The molecule has 4 atom stereocenters. The number of aliphatic carboxylic acids is 2. The molecule has 4 unspecified atom stereocenters. The molecule has 7 N–H and O–H groups in total. The maximum absolute atomic E-state index is 13.4. The fraction of sp³-hybridized carbons (Fsp3) is 0.500. The first-order valence-corrected chi connectivity index (χ1v) is 12.7. The summed E-state index contributed by atoms with van der Waals surface area (Å²) in [5, 5.41) is 24.9. The molecule has 2 aromatic rings. The van der Waals surface area contributed by atoms with Gasteiger partial charge in [0.15, 0.2) is 0 Å². The molecule has 3 amide bonds. The molecule has 1 aliphatic rings. The Morgan fingerprint density at radius 3 is 2.47 bits per heavy atom. The quantitative estimate of drug-likeness (QED) is 0.230. The summed E-state index contributed by atoms with van der Waals surface area (Å²) < 4.78 is 0. The standard InChI is InChI=1S/C26H35N5O7/c1-14(2)22(27)24(35)29-18(9-10-21(32)33)25(36)31-11-5-8-20(31)23(34)30-19(26(37)38)12-15-13-28-17-7-4-3-6-16(15)17/h3-4,6-7,13-14,18-20,22,28H,5,8-12,27H2,1-2H3,(H,29,35)(H,30,34)(H,32,33)(H,37,38). The van der Waals surface area contributed by atoms with E-state index in [-0.39, 0.29) is 31.7 Å². The second-order valence-electron chi connectivity index (χ2n) is 9.92. The van der Waals surface area contributed by atoms with Crippen molar-refractivity contribution < 1.29 is 34.2 Å². The van der Waals surface area contributed by atoms with Crippen molar-refractivity contribution in [3.63, 3.8) is 0 Å². The van der Waals surface area contributed by atoms with Gasteiger partial charge in [-0.25, -0.2) is 4.79 Å². The Hall–Kier alpha value is -3.93. The van der Waals surface area contributed by atoms with Gasteiger partial charge >= 0.3 is 11.9 Å². The van der Waals surface area contributed by atoms with Crippen molar-refractivity contribution in [1.82, 2.24) is 20.5 Å². The second kappa shape index (κ2) is 12.5. The number of fused-ring (bicyclic) bond motifs is 1. The summed E-state index contributed by atoms with van der Waals surface area (Å²) in [6.45, 7) is 3.70. The third-order valence-electron chi connectivity index (χ3n) is 6.83. The Bertz CT molecular complexity index is 1190. The molecule has 0 saturated carbocycles. The van der Waals surface area contributed by atoms with E-state index < -0.39 is 53.8 Å². The molecule has 0 aliphatic carbocycles. The van der Waals surface area contributed by atoms with Crippen LogP contribution < -0.4 is 16.4 Å². The van der Waals surface area contributed by atoms with Gasteiger partial charge in [0.25, 0.3) is 0 Å². The highest BCUT2D eigenvalue weighted by molar-refractivity contribution is 5.95. The summed E-state index contributed by atoms with van der Waals surface area (Å²) in [5.74, 6) is -4.37. The van der Waals surface area contributed by atoms with Gasteiger partial charge in [0.05, 0.1) is 6.04 Å². The van der Waals surface area contributed by atoms with Crippen LogP contribution in [-0.2, 0) is 30.4 Å². The number of H-pyrrole nitrogens is 1. The molecule has 206 valence electrons. The lowest BCUT2D eigenvalue weighted by Gasteiger charge is -2.30. The molecule has 12 heteroatoms. The number of nitrogens with two attached hydrogens (primary N) is 1. The largest absolute Gasteiger partial charge is 0.481 e. The van der Waals surface area contributed by atoms with Crippen molar-refractivity contribution in [3.8, 4) is 0 Å². The molecule has 0 spiro atoms. The summed E-state index contributed by atoms with van der Waals surface area (Å²) in [5.41, 5.74) is 7.46. The van der Waals surface area contributed by atoms with Crippen LogP contribution in [-0.4, -0.2) is 80.5 Å². The molecule has 0 radical (unpaired) electrons. The van der Waals surface area contributed by atoms with Crippen molar-refractivity contribution in [1.29, 1.82) is 0 Å². The lowest BCUT2D eigenvalue weighted by molar-refractivity contribution is -0.145. The third kappa shape index (κ3) is 6.88. The number of carboxylic acid groups (broad SMARTS) is 2. The van der Waals surface area contributed by atoms with E-state index in [1.165, 1.54) is 4.90 Å². The van der Waals surface area contributed by atoms with E-state index in [1.807, 2.05) is 24.3 Å². The highest BCUT2D eigenvalue weighted by Gasteiger charge is 2.39. The Kier molecular flexibility index (Phi) is 9.45. The fourth-order valence-electron chi connectivity index (χ4n) is 4.59. The molecule has 2 heterocycles. The first kappa shape index (κ1) is 28.6. The molecule has 12 nitrogen and oxygen atoms in total. The Morgan fingerprint density at radius 2 is 1.82 bits per heavy atom. The number of rotatable bonds is 12. The van der Waals surface area contributed by atoms with Crippen LogP contribution in [0.4, 0.5) is 0 Å². The lowest BCUT2D eigenvalue weighted by atomic mass is 10.0. The predicted octanol–water partition coefficient (Wildman–Crippen LogP) is 0.604. The van der Waals surface area contributed by atoms with E-state index in [4.69, 9.17) is 10.8 Å². The number of hydrogen-bond donors (Lipinski definition) is 6. The number of para-hydroxylation sites is 1. The number of aromatic amines is 1. The average molecular weight is 530 g/mol. The molecule has 1 aromatic heterocycles. The number of nitrogens with zero attached hydrogens (tertiary/aromatic N) is 1. The molecule has 1 fully saturated rings. The maximum atomic E-state index is 13.4. The van der Waals surface area contributed by atoms with Gasteiger partial charge in [-0.05, 0) is 36.8 Å². The van der Waals surface area contributed by atoms with Crippen LogP contribution in [0.1, 0.15) is 45.1 Å². The van der Waals surface area contributed by atoms with Crippen LogP contribution in [0.25, 0.3) is 10.9 Å². The molecule has 1 aromatic carbocycles. The Labute approximate surface area is 219 Å². The van der Waals surface area contributed by atoms with E-state index in [9.17, 15) is 29.1 Å². The van der Waals surface area contributed by atoms with E-state index in [1.54, 1.807) is 20.0 Å². The van der Waals surface area contributed by atoms with Crippen molar-refractivity contribution in [2.24, 2.45) is 11.7 Å². The number of likely N-dealkylation sites (tertiary alicyclic amines) is 1. The van der Waals surface area contributed by atoms with E-state index in [0.717, 1.165) is 16.5 Å². The van der Waals surface area contributed by atoms with Crippen LogP contribution in [0.15, 0.2) is 30.5 Å². The second-order valence-corrected chi connectivity index (χ2v) is 9.92. The molecule has 1 aliphatic heterocycles. The number of benzene rings is 1. The van der Waals surface area contributed by atoms with Crippen molar-refractivity contribution in [2.75, 3.05) is 6.54 Å². The van der Waals surface area contributed by atoms with Gasteiger partial charge in [0.2, 0.25) is 17.7 Å². The van der Waals surface area contributed by atoms with Gasteiger partial charge in [-0.2, -0.15) is 0 Å². The number of nitrogens with one attached hydrogen (secondary N) is 3. The van der Waals surface area contributed by atoms with Gasteiger partial charge in [0, 0.05) is 36.5 Å². The van der Waals surface area contributed by atoms with Crippen molar-refractivity contribution in [3.05, 3.63) is 36.0 Å². The van der Waals surface area contributed by atoms with Crippen LogP contribution in [0.5, 0.6) is 0 Å². The van der Waals surface area contributed by atoms with E-state index >= 15 is 0 Å². The predicted molar refractivity (Wildman–Crippen MR) is 138 cm³/mol. The zero-order chi connectivity index (χ0) is 28.0. The van der Waals surface area contributed by atoms with Crippen LogP contribution in [0.3, 0.4) is 0 Å². The number of aromatic nitrogens is 1. The zero-order valence-electron chi connectivity index (χ0n) is 21.5. The first-order chi connectivity index (χ1) is 18.0. The van der Waals surface area contributed by atoms with Crippen molar-refractivity contribution >= 4 is 40.6 Å². The smallest absolute Gasteiger partial charge is 0.326 e. The number of carbonyl (C=O) groups is 5. The fourth-order valence-corrected chi connectivity index (χ4v) is 4.59. The molecular formula is C26H35N5O7. The summed E-state index contributed by atoms with van der Waals surface area (Å²) in [6, 6.07) is 3.16. The summed E-state index contributed by atoms with van der Waals surface area (Å²) in [7, 11) is 0. The summed E-state index contributed by atoms with van der Waals surface area (Å²) in [4.78, 5) is 66.7. The first-order valence-electron chi connectivity index (χ1n) is 12.7. The molecule has 3 rings (SSSR count). The van der Waals surface area contributed by atoms with E-state index in [2.05, 4.69) is 15.6 Å². The normalized spacial score (nSPS) is 17.7. The average Bonchev–Trinajstić information content (AvgIpc) is 3.52. The van der Waals surface area contributed by atoms with E-state index in [0.29, 0.717) is 12.8 Å². The minimum absolute atomic E-state index is 0.0378. The number of hydrogen-bond acceptors (Lipinski definition) is 6. The number of carbonyl (C=O) groups excluding carboxylic acids is 3. The molecular weight excluding hydrogens is 494 g/mol. The zero-order valence-corrected chi connectivity index (χ0v) is 21.5. The Morgan fingerprint density at radius 1 is 1.11 bits per heavy atom. The lowest BCUT2D eigenvalue weighted by Crippen LogP contribution is -2.57. The highest BCUT2D eigenvalue weighted by Crippen LogP contribution is 2.22. The van der Waals surface area contributed by atoms with Crippen LogP contribution in [0.2, 0.25) is 0 Å². The van der Waals surface area contributed by atoms with Gasteiger partial charge in [0.1, 0.15) is 18.1 Å².